The van der Waals surface area contributed by atoms with Crippen molar-refractivity contribution in [1.82, 2.24) is 4.90 Å². The van der Waals surface area contributed by atoms with Gasteiger partial charge in [-0.1, -0.05) is 27.7 Å². The highest BCUT2D eigenvalue weighted by atomic mass is 16.5. The third-order valence-electron chi connectivity index (χ3n) is 4.43. The molecule has 1 saturated heterocycles. The molecule has 1 aliphatic rings. The van der Waals surface area contributed by atoms with Gasteiger partial charge in [-0.2, -0.15) is 0 Å². The van der Waals surface area contributed by atoms with Crippen LogP contribution >= 0.6 is 0 Å². The van der Waals surface area contributed by atoms with Crippen LogP contribution in [0.2, 0.25) is 0 Å². The summed E-state index contributed by atoms with van der Waals surface area (Å²) in [5.74, 6) is 2.09. The minimum absolute atomic E-state index is 0.374. The van der Waals surface area contributed by atoms with Gasteiger partial charge in [-0.15, -0.1) is 0 Å². The van der Waals surface area contributed by atoms with Crippen LogP contribution in [0, 0.1) is 17.8 Å². The molecule has 1 rings (SSSR count). The van der Waals surface area contributed by atoms with E-state index in [2.05, 4.69) is 32.6 Å². The van der Waals surface area contributed by atoms with E-state index in [0.717, 1.165) is 19.0 Å². The molecule has 0 amide bonds. The van der Waals surface area contributed by atoms with E-state index >= 15 is 0 Å². The Morgan fingerprint density at radius 2 is 2.00 bits per heavy atom. The second-order valence-corrected chi connectivity index (χ2v) is 6.44. The fourth-order valence-electron chi connectivity index (χ4n) is 3.31. The summed E-state index contributed by atoms with van der Waals surface area (Å²) in [5.41, 5.74) is 6.02. The van der Waals surface area contributed by atoms with Crippen molar-refractivity contribution in [2.75, 3.05) is 26.7 Å². The van der Waals surface area contributed by atoms with Crippen LogP contribution < -0.4 is 5.73 Å². The van der Waals surface area contributed by atoms with E-state index in [1.54, 1.807) is 0 Å². The highest BCUT2D eigenvalue weighted by molar-refractivity contribution is 4.86. The summed E-state index contributed by atoms with van der Waals surface area (Å²) in [4.78, 5) is 2.56. The quantitative estimate of drug-likeness (QED) is 0.793. The predicted molar refractivity (Wildman–Crippen MR) is 77.6 cm³/mol. The average Bonchev–Trinajstić information content (AvgIpc) is 2.31. The second kappa shape index (κ2) is 7.46. The molecule has 0 aromatic heterocycles. The zero-order valence-electron chi connectivity index (χ0n) is 12.9. The lowest BCUT2D eigenvalue weighted by Gasteiger charge is -2.42. The van der Waals surface area contributed by atoms with E-state index in [-0.39, 0.29) is 0 Å². The summed E-state index contributed by atoms with van der Waals surface area (Å²) in [7, 11) is 1.83. The SMILES string of the molecule is COC1CN(C(CN)C(C)CC(C)C)CCC1C. The number of hydrogen-bond acceptors (Lipinski definition) is 3. The number of ether oxygens (including phenoxy) is 1. The van der Waals surface area contributed by atoms with Gasteiger partial charge in [-0.3, -0.25) is 4.90 Å². The largest absolute Gasteiger partial charge is 0.380 e. The molecule has 0 bridgehead atoms. The van der Waals surface area contributed by atoms with Gasteiger partial charge in [0, 0.05) is 26.2 Å². The number of likely N-dealkylation sites (tertiary alicyclic amines) is 1. The molecular formula is C15H32N2O. The molecule has 0 radical (unpaired) electrons. The standard InChI is InChI=1S/C15H32N2O/c1-11(2)8-13(4)14(9-16)17-7-6-12(3)15(10-17)18-5/h11-15H,6-10,16H2,1-5H3. The average molecular weight is 256 g/mol. The third kappa shape index (κ3) is 4.22. The molecule has 1 fully saturated rings. The highest BCUT2D eigenvalue weighted by Crippen LogP contribution is 2.25. The van der Waals surface area contributed by atoms with Crippen LogP contribution in [0.4, 0.5) is 0 Å². The summed E-state index contributed by atoms with van der Waals surface area (Å²) in [5, 5.41) is 0. The van der Waals surface area contributed by atoms with Crippen molar-refractivity contribution < 1.29 is 4.74 Å². The van der Waals surface area contributed by atoms with E-state index in [1.165, 1.54) is 19.4 Å². The van der Waals surface area contributed by atoms with Crippen molar-refractivity contribution in [3.63, 3.8) is 0 Å². The first-order valence-corrected chi connectivity index (χ1v) is 7.46. The molecule has 0 saturated carbocycles. The van der Waals surface area contributed by atoms with Gasteiger partial charge >= 0.3 is 0 Å². The van der Waals surface area contributed by atoms with Gasteiger partial charge in [0.2, 0.25) is 0 Å². The number of piperidine rings is 1. The van der Waals surface area contributed by atoms with Gasteiger partial charge in [-0.05, 0) is 37.1 Å². The predicted octanol–water partition coefficient (Wildman–Crippen LogP) is 2.35. The summed E-state index contributed by atoms with van der Waals surface area (Å²) < 4.78 is 5.61. The molecule has 0 aliphatic carbocycles. The molecular weight excluding hydrogens is 224 g/mol. The smallest absolute Gasteiger partial charge is 0.0724 e. The van der Waals surface area contributed by atoms with Crippen molar-refractivity contribution >= 4 is 0 Å². The number of nitrogens with two attached hydrogens (primary N) is 1. The van der Waals surface area contributed by atoms with E-state index < -0.39 is 0 Å². The number of hydrogen-bond donors (Lipinski definition) is 1. The summed E-state index contributed by atoms with van der Waals surface area (Å²) in [6.07, 6.45) is 2.86. The fraction of sp³-hybridized carbons (Fsp3) is 1.00. The Hall–Kier alpha value is -0.120. The Kier molecular flexibility index (Phi) is 6.61. The van der Waals surface area contributed by atoms with E-state index in [1.807, 2.05) is 7.11 Å². The lowest BCUT2D eigenvalue weighted by Crippen LogP contribution is -2.53. The highest BCUT2D eigenvalue weighted by Gasteiger charge is 2.32. The normalized spacial score (nSPS) is 29.5. The Morgan fingerprint density at radius 1 is 1.33 bits per heavy atom. The van der Waals surface area contributed by atoms with Crippen LogP contribution in [0.25, 0.3) is 0 Å². The Bertz CT molecular complexity index is 233. The first kappa shape index (κ1) is 15.9. The third-order valence-corrected chi connectivity index (χ3v) is 4.43. The Labute approximate surface area is 113 Å². The van der Waals surface area contributed by atoms with Crippen LogP contribution in [0.5, 0.6) is 0 Å². The summed E-state index contributed by atoms with van der Waals surface area (Å²) in [6.45, 7) is 12.2. The molecule has 1 aliphatic heterocycles. The van der Waals surface area contributed by atoms with Crippen molar-refractivity contribution in [2.24, 2.45) is 23.5 Å². The van der Waals surface area contributed by atoms with E-state index in [9.17, 15) is 0 Å². The van der Waals surface area contributed by atoms with Gasteiger partial charge in [0.25, 0.3) is 0 Å². The molecule has 18 heavy (non-hydrogen) atoms. The van der Waals surface area contributed by atoms with Gasteiger partial charge in [0.05, 0.1) is 6.10 Å². The zero-order valence-corrected chi connectivity index (χ0v) is 12.9. The van der Waals surface area contributed by atoms with Gasteiger partial charge in [-0.25, -0.2) is 0 Å². The van der Waals surface area contributed by atoms with Gasteiger partial charge in [0.15, 0.2) is 0 Å². The molecule has 3 nitrogen and oxygen atoms in total. The van der Waals surface area contributed by atoms with Crippen LogP contribution in [0.15, 0.2) is 0 Å². The number of methoxy groups -OCH3 is 1. The molecule has 0 aromatic rings. The van der Waals surface area contributed by atoms with Crippen LogP contribution in [-0.4, -0.2) is 43.8 Å². The van der Waals surface area contributed by atoms with Crippen LogP contribution in [0.1, 0.15) is 40.5 Å². The van der Waals surface area contributed by atoms with Crippen molar-refractivity contribution in [3.8, 4) is 0 Å². The topological polar surface area (TPSA) is 38.5 Å². The summed E-state index contributed by atoms with van der Waals surface area (Å²) in [6, 6.07) is 0.512. The Balaban J connectivity index is 2.59. The maximum Gasteiger partial charge on any atom is 0.0724 e. The molecule has 2 N–H and O–H groups in total. The van der Waals surface area contributed by atoms with Gasteiger partial charge < -0.3 is 10.5 Å². The van der Waals surface area contributed by atoms with Crippen molar-refractivity contribution in [2.45, 2.75) is 52.7 Å². The maximum atomic E-state index is 6.02. The molecule has 108 valence electrons. The fourth-order valence-corrected chi connectivity index (χ4v) is 3.31. The maximum absolute atomic E-state index is 6.02. The zero-order chi connectivity index (χ0) is 13.7. The Morgan fingerprint density at radius 3 is 2.50 bits per heavy atom. The number of rotatable bonds is 6. The van der Waals surface area contributed by atoms with Crippen molar-refractivity contribution in [1.29, 1.82) is 0 Å². The molecule has 4 unspecified atom stereocenters. The molecule has 0 aromatic carbocycles. The van der Waals surface area contributed by atoms with E-state index in [0.29, 0.717) is 24.0 Å². The molecule has 3 heteroatoms. The lowest BCUT2D eigenvalue weighted by atomic mass is 9.88. The molecule has 4 atom stereocenters. The summed E-state index contributed by atoms with van der Waals surface area (Å²) >= 11 is 0. The number of nitrogens with zero attached hydrogens (tertiary/aromatic N) is 1. The van der Waals surface area contributed by atoms with Gasteiger partial charge in [0.1, 0.15) is 0 Å². The first-order valence-electron chi connectivity index (χ1n) is 7.46. The van der Waals surface area contributed by atoms with Crippen LogP contribution in [0.3, 0.4) is 0 Å². The first-order chi connectivity index (χ1) is 8.49. The second-order valence-electron chi connectivity index (χ2n) is 6.44. The monoisotopic (exact) mass is 256 g/mol. The lowest BCUT2D eigenvalue weighted by molar-refractivity contribution is -0.0266. The van der Waals surface area contributed by atoms with Crippen molar-refractivity contribution in [3.05, 3.63) is 0 Å². The minimum atomic E-state index is 0.374. The van der Waals surface area contributed by atoms with Crippen LogP contribution in [-0.2, 0) is 4.74 Å². The molecule has 1 heterocycles. The van der Waals surface area contributed by atoms with E-state index in [4.69, 9.17) is 10.5 Å². The minimum Gasteiger partial charge on any atom is -0.380 e. The molecule has 0 spiro atoms.